The summed E-state index contributed by atoms with van der Waals surface area (Å²) in [5, 5.41) is 9.58. The van der Waals surface area contributed by atoms with E-state index in [0.29, 0.717) is 5.75 Å². The zero-order valence-corrected chi connectivity index (χ0v) is 19.7. The number of piperazine rings is 1. The molecule has 2 aromatic carbocycles. The molecule has 4 rings (SSSR count). The molecule has 0 spiro atoms. The van der Waals surface area contributed by atoms with Gasteiger partial charge in [-0.05, 0) is 25.0 Å². The van der Waals surface area contributed by atoms with E-state index < -0.39 is 0 Å². The van der Waals surface area contributed by atoms with Gasteiger partial charge < -0.3 is 9.47 Å². The Morgan fingerprint density at radius 2 is 1.72 bits per heavy atom. The summed E-state index contributed by atoms with van der Waals surface area (Å²) in [6.07, 6.45) is 0.749. The molecule has 1 aliphatic rings. The lowest BCUT2D eigenvalue weighted by Gasteiger charge is -2.34. The van der Waals surface area contributed by atoms with E-state index in [9.17, 15) is 4.79 Å². The number of aromatic nitrogens is 3. The third-order valence-corrected chi connectivity index (χ3v) is 6.80. The minimum Gasteiger partial charge on any atom is -0.339 e. The second-order valence-electron chi connectivity index (χ2n) is 8.24. The van der Waals surface area contributed by atoms with Crippen LogP contribution in [0.5, 0.6) is 0 Å². The van der Waals surface area contributed by atoms with E-state index in [1.54, 1.807) is 0 Å². The van der Waals surface area contributed by atoms with Gasteiger partial charge in [-0.2, -0.15) is 0 Å². The Labute approximate surface area is 194 Å². The molecule has 1 fully saturated rings. The molecule has 1 saturated heterocycles. The number of benzene rings is 2. The maximum Gasteiger partial charge on any atom is 0.233 e. The standard InChI is InChI=1S/C25H31N5OS/c1-3-30-23(17-21-9-5-4-6-10-21)26-27-25(30)32-19-24(31)29-14-12-28(13-15-29)18-22-11-7-8-20(2)16-22/h4-11,16H,3,12-15,17-19H2,1-2H3. The molecule has 32 heavy (non-hydrogen) atoms. The summed E-state index contributed by atoms with van der Waals surface area (Å²) in [5.41, 5.74) is 3.84. The summed E-state index contributed by atoms with van der Waals surface area (Å²) in [6, 6.07) is 19.0. The molecule has 0 bridgehead atoms. The SMILES string of the molecule is CCn1c(Cc2ccccc2)nnc1SCC(=O)N1CCN(Cc2cccc(C)c2)CC1. The fraction of sp³-hybridized carbons (Fsp3) is 0.400. The van der Waals surface area contributed by atoms with E-state index in [0.717, 1.165) is 56.7 Å². The summed E-state index contributed by atoms with van der Waals surface area (Å²) in [5.74, 6) is 1.53. The third kappa shape index (κ3) is 5.78. The van der Waals surface area contributed by atoms with Crippen molar-refractivity contribution in [2.24, 2.45) is 0 Å². The number of rotatable bonds is 8. The van der Waals surface area contributed by atoms with Crippen molar-refractivity contribution in [3.63, 3.8) is 0 Å². The van der Waals surface area contributed by atoms with Gasteiger partial charge in [-0.3, -0.25) is 9.69 Å². The number of carbonyl (C=O) groups excluding carboxylic acids is 1. The maximum atomic E-state index is 12.8. The Balaban J connectivity index is 1.27. The lowest BCUT2D eigenvalue weighted by Crippen LogP contribution is -2.48. The van der Waals surface area contributed by atoms with Gasteiger partial charge in [-0.25, -0.2) is 0 Å². The Morgan fingerprint density at radius 1 is 0.969 bits per heavy atom. The van der Waals surface area contributed by atoms with Gasteiger partial charge in [-0.15, -0.1) is 10.2 Å². The zero-order chi connectivity index (χ0) is 22.3. The molecule has 7 heteroatoms. The summed E-state index contributed by atoms with van der Waals surface area (Å²) >= 11 is 1.49. The van der Waals surface area contributed by atoms with Crippen LogP contribution in [-0.2, 0) is 24.3 Å². The van der Waals surface area contributed by atoms with Crippen molar-refractivity contribution in [3.05, 3.63) is 77.1 Å². The minimum atomic E-state index is 0.181. The molecular weight excluding hydrogens is 418 g/mol. The van der Waals surface area contributed by atoms with Crippen LogP contribution < -0.4 is 0 Å². The highest BCUT2D eigenvalue weighted by Crippen LogP contribution is 2.20. The Morgan fingerprint density at radius 3 is 2.44 bits per heavy atom. The quantitative estimate of drug-likeness (QED) is 0.492. The van der Waals surface area contributed by atoms with Crippen LogP contribution in [0.1, 0.15) is 29.4 Å². The lowest BCUT2D eigenvalue weighted by atomic mass is 10.1. The van der Waals surface area contributed by atoms with Gasteiger partial charge in [0.1, 0.15) is 5.82 Å². The smallest absolute Gasteiger partial charge is 0.233 e. The average molecular weight is 450 g/mol. The molecule has 0 radical (unpaired) electrons. The number of aryl methyl sites for hydroxylation is 1. The monoisotopic (exact) mass is 449 g/mol. The lowest BCUT2D eigenvalue weighted by molar-refractivity contribution is -0.130. The first-order valence-corrected chi connectivity index (χ1v) is 12.3. The van der Waals surface area contributed by atoms with E-state index in [-0.39, 0.29) is 5.91 Å². The molecule has 1 amide bonds. The van der Waals surface area contributed by atoms with Gasteiger partial charge in [0.2, 0.25) is 5.91 Å². The van der Waals surface area contributed by atoms with Crippen molar-refractivity contribution < 1.29 is 4.79 Å². The summed E-state index contributed by atoms with van der Waals surface area (Å²) < 4.78 is 2.12. The van der Waals surface area contributed by atoms with Crippen LogP contribution in [-0.4, -0.2) is 62.4 Å². The normalized spacial score (nSPS) is 14.6. The molecule has 0 atom stereocenters. The van der Waals surface area contributed by atoms with Crippen molar-refractivity contribution in [1.29, 1.82) is 0 Å². The average Bonchev–Trinajstić information content (AvgIpc) is 3.20. The van der Waals surface area contributed by atoms with Gasteiger partial charge in [0.15, 0.2) is 5.16 Å². The Kier molecular flexibility index (Phi) is 7.60. The van der Waals surface area contributed by atoms with Gasteiger partial charge in [0.25, 0.3) is 0 Å². The molecule has 2 heterocycles. The van der Waals surface area contributed by atoms with Gasteiger partial charge in [-0.1, -0.05) is 71.9 Å². The molecule has 6 nitrogen and oxygen atoms in total. The summed E-state index contributed by atoms with van der Waals surface area (Å²) in [6.45, 7) is 9.35. The molecule has 0 saturated carbocycles. The van der Waals surface area contributed by atoms with Gasteiger partial charge >= 0.3 is 0 Å². The highest BCUT2D eigenvalue weighted by atomic mass is 32.2. The number of amides is 1. The number of hydrogen-bond donors (Lipinski definition) is 0. The maximum absolute atomic E-state index is 12.8. The first kappa shape index (κ1) is 22.6. The zero-order valence-electron chi connectivity index (χ0n) is 18.9. The fourth-order valence-corrected chi connectivity index (χ4v) is 5.02. The molecule has 3 aromatic rings. The minimum absolute atomic E-state index is 0.181. The number of nitrogens with zero attached hydrogens (tertiary/aromatic N) is 5. The molecule has 168 valence electrons. The van der Waals surface area contributed by atoms with Crippen LogP contribution in [0.3, 0.4) is 0 Å². The molecule has 1 aromatic heterocycles. The summed E-state index contributed by atoms with van der Waals surface area (Å²) in [7, 11) is 0. The van der Waals surface area contributed by atoms with E-state index in [1.807, 2.05) is 23.1 Å². The fourth-order valence-electron chi connectivity index (χ4n) is 4.09. The predicted octanol–water partition coefficient (Wildman–Crippen LogP) is 3.63. The number of thioether (sulfide) groups is 1. The Bertz CT molecular complexity index is 1030. The number of hydrogen-bond acceptors (Lipinski definition) is 5. The van der Waals surface area contributed by atoms with Crippen molar-refractivity contribution in [2.75, 3.05) is 31.9 Å². The topological polar surface area (TPSA) is 54.3 Å². The van der Waals surface area contributed by atoms with E-state index >= 15 is 0 Å². The van der Waals surface area contributed by atoms with E-state index in [1.165, 1.54) is 28.5 Å². The van der Waals surface area contributed by atoms with Crippen molar-refractivity contribution in [3.8, 4) is 0 Å². The molecule has 0 unspecified atom stereocenters. The van der Waals surface area contributed by atoms with Crippen molar-refractivity contribution in [1.82, 2.24) is 24.6 Å². The van der Waals surface area contributed by atoms with Crippen LogP contribution in [0.25, 0.3) is 0 Å². The molecule has 0 N–H and O–H groups in total. The highest BCUT2D eigenvalue weighted by molar-refractivity contribution is 7.99. The molecule has 0 aliphatic carbocycles. The van der Waals surface area contributed by atoms with Crippen LogP contribution >= 0.6 is 11.8 Å². The first-order chi connectivity index (χ1) is 15.6. The second-order valence-corrected chi connectivity index (χ2v) is 9.18. The molecule has 1 aliphatic heterocycles. The van der Waals surface area contributed by atoms with Crippen LogP contribution in [0, 0.1) is 6.92 Å². The first-order valence-electron chi connectivity index (χ1n) is 11.3. The van der Waals surface area contributed by atoms with Crippen LogP contribution in [0.4, 0.5) is 0 Å². The van der Waals surface area contributed by atoms with E-state index in [2.05, 4.69) is 69.9 Å². The van der Waals surface area contributed by atoms with Gasteiger partial charge in [0.05, 0.1) is 5.75 Å². The largest absolute Gasteiger partial charge is 0.339 e. The van der Waals surface area contributed by atoms with Crippen molar-refractivity contribution >= 4 is 17.7 Å². The van der Waals surface area contributed by atoms with E-state index in [4.69, 9.17) is 0 Å². The van der Waals surface area contributed by atoms with Crippen LogP contribution in [0.15, 0.2) is 59.8 Å². The third-order valence-electron chi connectivity index (χ3n) is 5.85. The predicted molar refractivity (Wildman–Crippen MR) is 129 cm³/mol. The number of carbonyl (C=O) groups is 1. The highest BCUT2D eigenvalue weighted by Gasteiger charge is 2.22. The Hall–Kier alpha value is -2.64. The summed E-state index contributed by atoms with van der Waals surface area (Å²) in [4.78, 5) is 17.2. The molecular formula is C25H31N5OS. The van der Waals surface area contributed by atoms with Crippen molar-refractivity contribution in [2.45, 2.75) is 38.5 Å². The second kappa shape index (κ2) is 10.8. The van der Waals surface area contributed by atoms with Gasteiger partial charge in [0, 0.05) is 45.7 Å². The van der Waals surface area contributed by atoms with Crippen LogP contribution in [0.2, 0.25) is 0 Å².